The van der Waals surface area contributed by atoms with Crippen LogP contribution in [0.25, 0.3) is 0 Å². The van der Waals surface area contributed by atoms with E-state index in [1.807, 2.05) is 18.2 Å². The van der Waals surface area contributed by atoms with Gasteiger partial charge in [-0.3, -0.25) is 0 Å². The minimum absolute atomic E-state index is 0.251. The number of para-hydroxylation sites is 1. The molecule has 0 amide bonds. The highest BCUT2D eigenvalue weighted by Gasteiger charge is 2.10. The fourth-order valence-corrected chi connectivity index (χ4v) is 2.12. The Morgan fingerprint density at radius 1 is 1.39 bits per heavy atom. The minimum atomic E-state index is 0.251. The quantitative estimate of drug-likeness (QED) is 0.916. The summed E-state index contributed by atoms with van der Waals surface area (Å²) in [6, 6.07) is 5.87. The predicted molar refractivity (Wildman–Crippen MR) is 70.3 cm³/mol. The van der Waals surface area contributed by atoms with Crippen LogP contribution in [0.1, 0.15) is 17.3 Å². The van der Waals surface area contributed by atoms with Gasteiger partial charge in [-0.1, -0.05) is 12.1 Å². The maximum absolute atomic E-state index is 5.72. The summed E-state index contributed by atoms with van der Waals surface area (Å²) in [5, 5.41) is 7.64. The zero-order valence-corrected chi connectivity index (χ0v) is 11.6. The second-order valence-corrected chi connectivity index (χ2v) is 4.62. The van der Waals surface area contributed by atoms with E-state index in [1.54, 1.807) is 6.92 Å². The number of nitrogens with two attached hydrogens (primary N) is 1. The van der Waals surface area contributed by atoms with Crippen molar-refractivity contribution in [2.75, 3.05) is 6.54 Å². The zero-order chi connectivity index (χ0) is 13.0. The van der Waals surface area contributed by atoms with Crippen molar-refractivity contribution >= 4 is 15.9 Å². The Labute approximate surface area is 113 Å². The molecule has 0 unspecified atom stereocenters. The summed E-state index contributed by atoms with van der Waals surface area (Å²) in [5.41, 5.74) is 6.64. The molecular weight excluding hydrogens is 298 g/mol. The van der Waals surface area contributed by atoms with Crippen LogP contribution in [0.15, 0.2) is 27.1 Å². The van der Waals surface area contributed by atoms with Crippen molar-refractivity contribution in [1.82, 2.24) is 10.2 Å². The average Bonchev–Trinajstić information content (AvgIpc) is 2.75. The molecule has 1 aromatic carbocycles. The SMILES string of the molecule is Cc1nnc(COc2c(Br)cccc2CCN)o1. The molecule has 2 rings (SSSR count). The Balaban J connectivity index is 2.12. The molecule has 5 nitrogen and oxygen atoms in total. The first-order valence-electron chi connectivity index (χ1n) is 5.60. The van der Waals surface area contributed by atoms with E-state index in [9.17, 15) is 0 Å². The number of halogens is 1. The number of aryl methyl sites for hydroxylation is 1. The monoisotopic (exact) mass is 311 g/mol. The van der Waals surface area contributed by atoms with Gasteiger partial charge in [0, 0.05) is 6.92 Å². The molecule has 0 fully saturated rings. The van der Waals surface area contributed by atoms with Gasteiger partial charge in [-0.05, 0) is 40.5 Å². The molecule has 0 saturated heterocycles. The van der Waals surface area contributed by atoms with E-state index < -0.39 is 0 Å². The molecule has 0 aliphatic carbocycles. The van der Waals surface area contributed by atoms with Gasteiger partial charge in [-0.25, -0.2) is 0 Å². The first kappa shape index (κ1) is 13.0. The number of rotatable bonds is 5. The minimum Gasteiger partial charge on any atom is -0.482 e. The smallest absolute Gasteiger partial charge is 0.253 e. The Hall–Kier alpha value is -1.40. The van der Waals surface area contributed by atoms with E-state index in [0.717, 1.165) is 22.2 Å². The molecule has 6 heteroatoms. The molecule has 0 saturated carbocycles. The van der Waals surface area contributed by atoms with E-state index in [2.05, 4.69) is 26.1 Å². The van der Waals surface area contributed by atoms with Crippen LogP contribution in [0.3, 0.4) is 0 Å². The van der Waals surface area contributed by atoms with Crippen LogP contribution in [-0.4, -0.2) is 16.7 Å². The van der Waals surface area contributed by atoms with Gasteiger partial charge in [-0.2, -0.15) is 0 Å². The van der Waals surface area contributed by atoms with E-state index in [4.69, 9.17) is 14.9 Å². The summed E-state index contributed by atoms with van der Waals surface area (Å²) in [7, 11) is 0. The van der Waals surface area contributed by atoms with Crippen LogP contribution in [0, 0.1) is 6.92 Å². The molecule has 18 heavy (non-hydrogen) atoms. The van der Waals surface area contributed by atoms with Crippen molar-refractivity contribution in [3.8, 4) is 5.75 Å². The van der Waals surface area contributed by atoms with Crippen molar-refractivity contribution in [2.24, 2.45) is 5.73 Å². The number of nitrogens with zero attached hydrogens (tertiary/aromatic N) is 2. The van der Waals surface area contributed by atoms with Gasteiger partial charge >= 0.3 is 0 Å². The van der Waals surface area contributed by atoms with Crippen LogP contribution in [-0.2, 0) is 13.0 Å². The summed E-state index contributed by atoms with van der Waals surface area (Å²) in [6.07, 6.45) is 0.762. The van der Waals surface area contributed by atoms with Gasteiger partial charge < -0.3 is 14.9 Å². The zero-order valence-electron chi connectivity index (χ0n) is 10.0. The highest BCUT2D eigenvalue weighted by Crippen LogP contribution is 2.29. The van der Waals surface area contributed by atoms with Crippen molar-refractivity contribution in [3.05, 3.63) is 40.0 Å². The van der Waals surface area contributed by atoms with Gasteiger partial charge in [0.05, 0.1) is 4.47 Å². The average molecular weight is 312 g/mol. The van der Waals surface area contributed by atoms with Crippen molar-refractivity contribution in [1.29, 1.82) is 0 Å². The highest BCUT2D eigenvalue weighted by atomic mass is 79.9. The summed E-state index contributed by atoms with van der Waals surface area (Å²) in [5.74, 6) is 1.77. The van der Waals surface area contributed by atoms with Gasteiger partial charge in [0.25, 0.3) is 5.89 Å². The number of ether oxygens (including phenoxy) is 1. The second-order valence-electron chi connectivity index (χ2n) is 3.77. The van der Waals surface area contributed by atoms with Gasteiger partial charge in [0.2, 0.25) is 5.89 Å². The normalized spacial score (nSPS) is 10.6. The fourth-order valence-electron chi connectivity index (χ4n) is 1.60. The van der Waals surface area contributed by atoms with E-state index in [1.165, 1.54) is 0 Å². The number of aromatic nitrogens is 2. The topological polar surface area (TPSA) is 74.2 Å². The molecule has 0 radical (unpaired) electrons. The van der Waals surface area contributed by atoms with Crippen LogP contribution >= 0.6 is 15.9 Å². The van der Waals surface area contributed by atoms with E-state index in [0.29, 0.717) is 18.3 Å². The Morgan fingerprint density at radius 2 is 2.22 bits per heavy atom. The Kier molecular flexibility index (Phi) is 4.33. The molecule has 0 atom stereocenters. The third-order valence-corrected chi connectivity index (χ3v) is 2.99. The number of benzene rings is 1. The van der Waals surface area contributed by atoms with Crippen LogP contribution in [0.2, 0.25) is 0 Å². The largest absolute Gasteiger partial charge is 0.482 e. The molecule has 0 spiro atoms. The Morgan fingerprint density at radius 3 is 2.89 bits per heavy atom. The third-order valence-electron chi connectivity index (χ3n) is 2.37. The highest BCUT2D eigenvalue weighted by molar-refractivity contribution is 9.10. The first-order chi connectivity index (χ1) is 8.70. The lowest BCUT2D eigenvalue weighted by Crippen LogP contribution is -2.06. The molecule has 1 heterocycles. The van der Waals surface area contributed by atoms with Gasteiger partial charge in [-0.15, -0.1) is 10.2 Å². The second kappa shape index (κ2) is 5.97. The lowest BCUT2D eigenvalue weighted by Gasteiger charge is -2.11. The van der Waals surface area contributed by atoms with Crippen LogP contribution in [0.5, 0.6) is 5.75 Å². The maximum atomic E-state index is 5.72. The molecule has 0 bridgehead atoms. The van der Waals surface area contributed by atoms with Crippen molar-refractivity contribution < 1.29 is 9.15 Å². The van der Waals surface area contributed by atoms with E-state index >= 15 is 0 Å². The van der Waals surface area contributed by atoms with Crippen LogP contribution < -0.4 is 10.5 Å². The first-order valence-corrected chi connectivity index (χ1v) is 6.39. The lowest BCUT2D eigenvalue weighted by atomic mass is 10.1. The number of hydrogen-bond acceptors (Lipinski definition) is 5. The fraction of sp³-hybridized carbons (Fsp3) is 0.333. The number of hydrogen-bond donors (Lipinski definition) is 1. The summed E-state index contributed by atoms with van der Waals surface area (Å²) < 4.78 is 11.9. The molecule has 2 aromatic rings. The summed E-state index contributed by atoms with van der Waals surface area (Å²) in [4.78, 5) is 0. The van der Waals surface area contributed by atoms with Crippen molar-refractivity contribution in [3.63, 3.8) is 0 Å². The standard InChI is InChI=1S/C12H14BrN3O2/c1-8-15-16-11(18-8)7-17-12-9(5-6-14)3-2-4-10(12)13/h2-4H,5-7,14H2,1H3. The lowest BCUT2D eigenvalue weighted by molar-refractivity contribution is 0.256. The van der Waals surface area contributed by atoms with Gasteiger partial charge in [0.1, 0.15) is 5.75 Å². The third kappa shape index (κ3) is 3.08. The van der Waals surface area contributed by atoms with Crippen molar-refractivity contribution in [2.45, 2.75) is 20.0 Å². The van der Waals surface area contributed by atoms with Gasteiger partial charge in [0.15, 0.2) is 6.61 Å². The molecule has 0 aliphatic rings. The molecule has 2 N–H and O–H groups in total. The molecule has 96 valence electrons. The predicted octanol–water partition coefficient (Wildman–Crippen LogP) is 2.22. The Bertz CT molecular complexity index is 528. The van der Waals surface area contributed by atoms with Crippen LogP contribution in [0.4, 0.5) is 0 Å². The molecule has 1 aromatic heterocycles. The molecular formula is C12H14BrN3O2. The summed E-state index contributed by atoms with van der Waals surface area (Å²) >= 11 is 3.46. The summed E-state index contributed by atoms with van der Waals surface area (Å²) in [6.45, 7) is 2.57. The van der Waals surface area contributed by atoms with E-state index in [-0.39, 0.29) is 6.61 Å². The maximum Gasteiger partial charge on any atom is 0.253 e. The molecule has 0 aliphatic heterocycles.